The maximum Gasteiger partial charge on any atom is 0.387 e. The first kappa shape index (κ1) is 17.2. The van der Waals surface area contributed by atoms with Gasteiger partial charge < -0.3 is 10.1 Å². The summed E-state index contributed by atoms with van der Waals surface area (Å²) < 4.78 is 30.9. The average Bonchev–Trinajstić information content (AvgIpc) is 3.24. The summed E-state index contributed by atoms with van der Waals surface area (Å²) in [5, 5.41) is 7.25. The fourth-order valence-electron chi connectivity index (χ4n) is 3.34. The van der Waals surface area contributed by atoms with E-state index >= 15 is 0 Å². The van der Waals surface area contributed by atoms with Crippen LogP contribution in [0, 0.1) is 0 Å². The quantitative estimate of drug-likeness (QED) is 0.733. The largest absolute Gasteiger partial charge is 0.435 e. The summed E-state index contributed by atoms with van der Waals surface area (Å²) in [5.74, 6) is -0.375. The van der Waals surface area contributed by atoms with Gasteiger partial charge in [-0.15, -0.1) is 0 Å². The molecule has 1 heterocycles. The Labute approximate surface area is 154 Å². The lowest BCUT2D eigenvalue weighted by Gasteiger charge is -2.08. The van der Waals surface area contributed by atoms with Crippen LogP contribution in [-0.2, 0) is 12.8 Å². The summed E-state index contributed by atoms with van der Waals surface area (Å²) in [7, 11) is 0. The molecule has 1 aromatic heterocycles. The van der Waals surface area contributed by atoms with Crippen molar-refractivity contribution in [2.75, 3.05) is 5.32 Å². The number of ether oxygens (including phenoxy) is 1. The summed E-state index contributed by atoms with van der Waals surface area (Å²) in [6.07, 6.45) is 2.62. The Balaban J connectivity index is 1.62. The molecule has 0 spiro atoms. The molecule has 0 atom stereocenters. The van der Waals surface area contributed by atoms with Gasteiger partial charge >= 0.3 is 6.61 Å². The van der Waals surface area contributed by atoms with Crippen molar-refractivity contribution in [2.24, 2.45) is 0 Å². The Morgan fingerprint density at radius 3 is 2.70 bits per heavy atom. The zero-order valence-electron chi connectivity index (χ0n) is 14.4. The van der Waals surface area contributed by atoms with Crippen molar-refractivity contribution >= 4 is 11.6 Å². The number of para-hydroxylation sites is 1. The molecular formula is C20H17F2N3O2. The molecule has 0 saturated carbocycles. The summed E-state index contributed by atoms with van der Waals surface area (Å²) in [6, 6.07) is 15.6. The maximum absolute atomic E-state index is 12.8. The normalized spacial score (nSPS) is 12.9. The van der Waals surface area contributed by atoms with E-state index in [9.17, 15) is 13.6 Å². The van der Waals surface area contributed by atoms with Gasteiger partial charge in [0, 0.05) is 23.0 Å². The van der Waals surface area contributed by atoms with Crippen LogP contribution in [-0.4, -0.2) is 22.3 Å². The predicted molar refractivity (Wildman–Crippen MR) is 96.6 cm³/mol. The third-order valence-electron chi connectivity index (χ3n) is 4.46. The van der Waals surface area contributed by atoms with Crippen LogP contribution in [0.25, 0.3) is 5.69 Å². The molecule has 0 bridgehead atoms. The van der Waals surface area contributed by atoms with Gasteiger partial charge in [-0.05, 0) is 43.5 Å². The van der Waals surface area contributed by atoms with Crippen molar-refractivity contribution in [3.8, 4) is 11.4 Å². The number of amides is 1. The molecule has 1 aliphatic rings. The number of fused-ring (bicyclic) bond motifs is 1. The summed E-state index contributed by atoms with van der Waals surface area (Å²) >= 11 is 0. The van der Waals surface area contributed by atoms with Gasteiger partial charge in [0.1, 0.15) is 5.75 Å². The van der Waals surface area contributed by atoms with Crippen molar-refractivity contribution in [2.45, 2.75) is 25.9 Å². The fourth-order valence-corrected chi connectivity index (χ4v) is 3.34. The minimum absolute atomic E-state index is 0.0113. The van der Waals surface area contributed by atoms with Crippen LogP contribution in [0.15, 0.2) is 54.6 Å². The zero-order valence-corrected chi connectivity index (χ0v) is 14.4. The van der Waals surface area contributed by atoms with E-state index in [2.05, 4.69) is 15.2 Å². The van der Waals surface area contributed by atoms with Crippen molar-refractivity contribution in [3.63, 3.8) is 0 Å². The number of anilines is 1. The van der Waals surface area contributed by atoms with E-state index in [1.165, 1.54) is 12.1 Å². The number of halogens is 2. The van der Waals surface area contributed by atoms with Crippen LogP contribution < -0.4 is 10.1 Å². The summed E-state index contributed by atoms with van der Waals surface area (Å²) in [5.41, 5.74) is 3.63. The van der Waals surface area contributed by atoms with Gasteiger partial charge in [0.15, 0.2) is 5.69 Å². The molecule has 1 amide bonds. The number of hydrogen-bond donors (Lipinski definition) is 1. The molecule has 1 N–H and O–H groups in total. The second-order valence-electron chi connectivity index (χ2n) is 6.24. The van der Waals surface area contributed by atoms with Gasteiger partial charge in [0.25, 0.3) is 5.91 Å². The number of aromatic nitrogens is 2. The third-order valence-corrected chi connectivity index (χ3v) is 4.46. The Kier molecular flexibility index (Phi) is 4.58. The number of carbonyl (C=O) groups is 1. The van der Waals surface area contributed by atoms with Crippen molar-refractivity contribution < 1.29 is 18.3 Å². The number of carbonyl (C=O) groups excluding carboxylic acids is 1. The number of rotatable bonds is 5. The lowest BCUT2D eigenvalue weighted by Crippen LogP contribution is -2.15. The van der Waals surface area contributed by atoms with Crippen LogP contribution in [0.5, 0.6) is 5.75 Å². The first-order valence-corrected chi connectivity index (χ1v) is 8.64. The first-order chi connectivity index (χ1) is 13.1. The van der Waals surface area contributed by atoms with Crippen molar-refractivity contribution in [3.05, 3.63) is 71.5 Å². The molecule has 3 aromatic rings. The van der Waals surface area contributed by atoms with Gasteiger partial charge in [-0.25, -0.2) is 4.68 Å². The lowest BCUT2D eigenvalue weighted by atomic mass is 10.2. The highest BCUT2D eigenvalue weighted by atomic mass is 19.3. The van der Waals surface area contributed by atoms with E-state index in [-0.39, 0.29) is 11.7 Å². The maximum atomic E-state index is 12.8. The average molecular weight is 369 g/mol. The van der Waals surface area contributed by atoms with Gasteiger partial charge in [-0.3, -0.25) is 4.79 Å². The van der Waals surface area contributed by atoms with Crippen molar-refractivity contribution in [1.29, 1.82) is 0 Å². The minimum atomic E-state index is -2.92. The molecule has 2 aromatic carbocycles. The number of alkyl halides is 2. The van der Waals surface area contributed by atoms with E-state index < -0.39 is 6.61 Å². The van der Waals surface area contributed by atoms with E-state index in [1.807, 2.05) is 35.0 Å². The Morgan fingerprint density at radius 2 is 1.93 bits per heavy atom. The highest BCUT2D eigenvalue weighted by molar-refractivity contribution is 6.04. The van der Waals surface area contributed by atoms with E-state index in [0.29, 0.717) is 11.4 Å². The van der Waals surface area contributed by atoms with Crippen LogP contribution >= 0.6 is 0 Å². The molecule has 1 aliphatic carbocycles. The molecule has 0 fully saturated rings. The second-order valence-corrected chi connectivity index (χ2v) is 6.24. The monoisotopic (exact) mass is 369 g/mol. The minimum Gasteiger partial charge on any atom is -0.435 e. The van der Waals surface area contributed by atoms with Gasteiger partial charge in [0.2, 0.25) is 0 Å². The Morgan fingerprint density at radius 1 is 1.11 bits per heavy atom. The van der Waals surface area contributed by atoms with E-state index in [1.54, 1.807) is 12.1 Å². The molecule has 138 valence electrons. The Hall–Kier alpha value is -3.22. The summed E-state index contributed by atoms with van der Waals surface area (Å²) in [4.78, 5) is 12.8. The van der Waals surface area contributed by atoms with Crippen LogP contribution in [0.2, 0.25) is 0 Å². The number of benzene rings is 2. The first-order valence-electron chi connectivity index (χ1n) is 8.64. The number of hydrogen-bond acceptors (Lipinski definition) is 3. The molecule has 4 rings (SSSR count). The lowest BCUT2D eigenvalue weighted by molar-refractivity contribution is -0.0497. The molecule has 0 saturated heterocycles. The molecular weight excluding hydrogens is 352 g/mol. The fraction of sp³-hybridized carbons (Fsp3) is 0.200. The van der Waals surface area contributed by atoms with Crippen LogP contribution in [0.3, 0.4) is 0 Å². The molecule has 7 heteroatoms. The molecule has 0 unspecified atom stereocenters. The zero-order chi connectivity index (χ0) is 18.8. The number of nitrogens with one attached hydrogen (secondary N) is 1. The van der Waals surface area contributed by atoms with Gasteiger partial charge in [0.05, 0.1) is 5.69 Å². The second kappa shape index (κ2) is 7.19. The van der Waals surface area contributed by atoms with Crippen LogP contribution in [0.4, 0.5) is 14.5 Å². The highest BCUT2D eigenvalue weighted by Gasteiger charge is 2.27. The molecule has 0 radical (unpaired) electrons. The molecule has 27 heavy (non-hydrogen) atoms. The SMILES string of the molecule is O=C(Nc1cccc(OC(F)F)c1)c1nn(-c2ccccc2)c2c1CCC2. The third kappa shape index (κ3) is 3.53. The molecule has 0 aliphatic heterocycles. The van der Waals surface area contributed by atoms with E-state index in [0.717, 1.165) is 36.2 Å². The van der Waals surface area contributed by atoms with E-state index in [4.69, 9.17) is 0 Å². The number of nitrogens with zero attached hydrogens (tertiary/aromatic N) is 2. The molecule has 5 nitrogen and oxygen atoms in total. The van der Waals surface area contributed by atoms with Gasteiger partial charge in [-0.1, -0.05) is 24.3 Å². The highest BCUT2D eigenvalue weighted by Crippen LogP contribution is 2.28. The van der Waals surface area contributed by atoms with Crippen molar-refractivity contribution in [1.82, 2.24) is 9.78 Å². The predicted octanol–water partition coefficient (Wildman–Crippen LogP) is 4.21. The summed E-state index contributed by atoms with van der Waals surface area (Å²) in [6.45, 7) is -2.92. The smallest absolute Gasteiger partial charge is 0.387 e. The van der Waals surface area contributed by atoms with Crippen LogP contribution in [0.1, 0.15) is 28.2 Å². The Bertz CT molecular complexity index is 971. The van der Waals surface area contributed by atoms with Gasteiger partial charge in [-0.2, -0.15) is 13.9 Å². The topological polar surface area (TPSA) is 56.1 Å². The standard InChI is InChI=1S/C20H17F2N3O2/c21-20(22)27-15-9-4-6-13(12-15)23-19(26)18-16-10-5-11-17(16)25(24-18)14-7-2-1-3-8-14/h1-4,6-9,12,20H,5,10-11H2,(H,23,26).